The topological polar surface area (TPSA) is 102 Å². The summed E-state index contributed by atoms with van der Waals surface area (Å²) >= 11 is 5.94. The molecule has 1 aromatic heterocycles. The maximum absolute atomic E-state index is 13.9. The number of pyridine rings is 1. The average Bonchev–Trinajstić information content (AvgIpc) is 2.64. The zero-order valence-corrected chi connectivity index (χ0v) is 15.7. The van der Waals surface area contributed by atoms with Gasteiger partial charge in [-0.05, 0) is 36.4 Å². The number of nitrogens with zero attached hydrogens (tertiary/aromatic N) is 1. The van der Waals surface area contributed by atoms with Crippen molar-refractivity contribution in [3.05, 3.63) is 88.6 Å². The summed E-state index contributed by atoms with van der Waals surface area (Å²) in [7, 11) is -4.27. The molecule has 0 aliphatic rings. The van der Waals surface area contributed by atoms with Gasteiger partial charge >= 0.3 is 5.91 Å². The van der Waals surface area contributed by atoms with Crippen molar-refractivity contribution in [3.63, 3.8) is 0 Å². The molecule has 0 saturated carbocycles. The number of nitrogens with one attached hydrogen (secondary N) is 2. The number of carbonyl (C=O) groups excluding carboxylic acids is 1. The highest BCUT2D eigenvalue weighted by atomic mass is 35.5. The fourth-order valence-electron chi connectivity index (χ4n) is 2.36. The molecule has 0 aliphatic carbocycles. The number of anilines is 2. The van der Waals surface area contributed by atoms with E-state index in [4.69, 9.17) is 11.6 Å². The monoisotopic (exact) mass is 421 g/mol. The number of amides is 1. The van der Waals surface area contributed by atoms with Crippen molar-refractivity contribution in [2.75, 3.05) is 10.0 Å². The predicted molar refractivity (Wildman–Crippen MR) is 102 cm³/mol. The highest BCUT2D eigenvalue weighted by Crippen LogP contribution is 2.29. The van der Waals surface area contributed by atoms with E-state index in [0.717, 1.165) is 18.3 Å². The molecule has 1 amide bonds. The maximum atomic E-state index is 13.9. The Morgan fingerprint density at radius 1 is 1.04 bits per heavy atom. The SMILES string of the molecule is O=C(Nc1cc(Cl)ccc1NS(=O)(=O)c1ccccc1F)c1cccc[n+]1[O-]. The van der Waals surface area contributed by atoms with Crippen LogP contribution in [-0.4, -0.2) is 14.3 Å². The van der Waals surface area contributed by atoms with E-state index in [1.807, 2.05) is 0 Å². The molecule has 10 heteroatoms. The van der Waals surface area contributed by atoms with Gasteiger partial charge < -0.3 is 10.5 Å². The van der Waals surface area contributed by atoms with E-state index < -0.39 is 26.6 Å². The van der Waals surface area contributed by atoms with E-state index >= 15 is 0 Å². The van der Waals surface area contributed by atoms with E-state index in [1.165, 1.54) is 48.5 Å². The molecular formula is C18H13ClFN3O4S. The minimum absolute atomic E-state index is 0.00117. The van der Waals surface area contributed by atoms with Crippen LogP contribution < -0.4 is 14.8 Å². The molecule has 2 aromatic carbocycles. The van der Waals surface area contributed by atoms with Crippen molar-refractivity contribution < 1.29 is 22.3 Å². The largest absolute Gasteiger partial charge is 0.618 e. The zero-order valence-electron chi connectivity index (χ0n) is 14.1. The molecule has 2 N–H and O–H groups in total. The summed E-state index contributed by atoms with van der Waals surface area (Å²) in [6, 6.07) is 13.1. The molecule has 3 rings (SSSR count). The van der Waals surface area contributed by atoms with Gasteiger partial charge in [0.25, 0.3) is 15.7 Å². The molecule has 0 radical (unpaired) electrons. The summed E-state index contributed by atoms with van der Waals surface area (Å²) in [5, 5.41) is 14.4. The third-order valence-electron chi connectivity index (χ3n) is 3.66. The van der Waals surface area contributed by atoms with Gasteiger partial charge in [0, 0.05) is 17.2 Å². The third-order valence-corrected chi connectivity index (χ3v) is 5.29. The predicted octanol–water partition coefficient (Wildman–Crippen LogP) is 3.17. The van der Waals surface area contributed by atoms with Gasteiger partial charge in [-0.3, -0.25) is 9.52 Å². The standard InChI is InChI=1S/C18H13ClFN3O4S/c19-12-8-9-14(22-28(26,27)17-7-2-1-5-13(17)20)15(11-12)21-18(24)16-6-3-4-10-23(16)25/h1-11,22H,(H,21,24). The van der Waals surface area contributed by atoms with Crippen LogP contribution >= 0.6 is 11.6 Å². The van der Waals surface area contributed by atoms with E-state index in [2.05, 4.69) is 10.0 Å². The van der Waals surface area contributed by atoms with Crippen LogP contribution in [0.3, 0.4) is 0 Å². The summed E-state index contributed by atoms with van der Waals surface area (Å²) in [4.78, 5) is 11.8. The highest BCUT2D eigenvalue weighted by Gasteiger charge is 2.22. The smallest absolute Gasteiger partial charge is 0.321 e. The molecular weight excluding hydrogens is 409 g/mol. The molecule has 0 bridgehead atoms. The lowest BCUT2D eigenvalue weighted by Gasteiger charge is -2.14. The quantitative estimate of drug-likeness (QED) is 0.488. The number of hydrogen-bond donors (Lipinski definition) is 2. The first-order valence-electron chi connectivity index (χ1n) is 7.84. The molecule has 28 heavy (non-hydrogen) atoms. The van der Waals surface area contributed by atoms with Crippen LogP contribution in [0.1, 0.15) is 10.5 Å². The Bertz CT molecular complexity index is 1160. The zero-order chi connectivity index (χ0) is 20.3. The first-order valence-corrected chi connectivity index (χ1v) is 9.70. The minimum Gasteiger partial charge on any atom is -0.618 e. The van der Waals surface area contributed by atoms with Crippen molar-refractivity contribution in [1.29, 1.82) is 0 Å². The van der Waals surface area contributed by atoms with Crippen LogP contribution in [0.4, 0.5) is 15.8 Å². The number of hydrogen-bond acceptors (Lipinski definition) is 4. The Kier molecular flexibility index (Phi) is 5.48. The number of halogens is 2. The van der Waals surface area contributed by atoms with Crippen molar-refractivity contribution >= 4 is 38.9 Å². The van der Waals surface area contributed by atoms with Gasteiger partial charge in [-0.25, -0.2) is 12.8 Å². The molecule has 144 valence electrons. The molecule has 0 unspecified atom stereocenters. The molecule has 1 heterocycles. The van der Waals surface area contributed by atoms with E-state index in [-0.39, 0.29) is 22.1 Å². The van der Waals surface area contributed by atoms with Crippen LogP contribution in [0.2, 0.25) is 5.02 Å². The van der Waals surface area contributed by atoms with Gasteiger partial charge in [-0.1, -0.05) is 23.7 Å². The van der Waals surface area contributed by atoms with Crippen LogP contribution in [-0.2, 0) is 10.0 Å². The van der Waals surface area contributed by atoms with Crippen molar-refractivity contribution in [2.45, 2.75) is 4.90 Å². The van der Waals surface area contributed by atoms with Gasteiger partial charge in [-0.2, -0.15) is 4.73 Å². The highest BCUT2D eigenvalue weighted by molar-refractivity contribution is 7.92. The summed E-state index contributed by atoms with van der Waals surface area (Å²) in [6.45, 7) is 0. The van der Waals surface area contributed by atoms with E-state index in [1.54, 1.807) is 0 Å². The number of benzene rings is 2. The first kappa shape index (κ1) is 19.6. The van der Waals surface area contributed by atoms with Gasteiger partial charge in [0.05, 0.1) is 11.4 Å². The van der Waals surface area contributed by atoms with Crippen LogP contribution in [0.15, 0.2) is 71.8 Å². The van der Waals surface area contributed by atoms with Crippen LogP contribution in [0, 0.1) is 11.0 Å². The van der Waals surface area contributed by atoms with Crippen molar-refractivity contribution in [1.82, 2.24) is 0 Å². The second kappa shape index (κ2) is 7.83. The Hall–Kier alpha value is -3.17. The second-order valence-electron chi connectivity index (χ2n) is 5.59. The molecule has 0 fully saturated rings. The normalized spacial score (nSPS) is 11.1. The Morgan fingerprint density at radius 2 is 1.75 bits per heavy atom. The summed E-state index contributed by atoms with van der Waals surface area (Å²) in [5.74, 6) is -1.70. The number of carbonyl (C=O) groups is 1. The lowest BCUT2D eigenvalue weighted by Crippen LogP contribution is -2.36. The lowest BCUT2D eigenvalue weighted by molar-refractivity contribution is -0.607. The summed E-state index contributed by atoms with van der Waals surface area (Å²) in [6.07, 6.45) is 1.15. The number of sulfonamides is 1. The Labute approximate surface area is 165 Å². The van der Waals surface area contributed by atoms with Gasteiger partial charge in [0.1, 0.15) is 10.7 Å². The van der Waals surface area contributed by atoms with E-state index in [0.29, 0.717) is 4.73 Å². The number of aromatic nitrogens is 1. The molecule has 0 aliphatic heterocycles. The fraction of sp³-hybridized carbons (Fsp3) is 0. The first-order chi connectivity index (χ1) is 13.3. The molecule has 0 atom stereocenters. The Morgan fingerprint density at radius 3 is 2.46 bits per heavy atom. The van der Waals surface area contributed by atoms with Gasteiger partial charge in [0.2, 0.25) is 0 Å². The third kappa shape index (κ3) is 4.21. The van der Waals surface area contributed by atoms with Crippen LogP contribution in [0.25, 0.3) is 0 Å². The average molecular weight is 422 g/mol. The molecule has 0 saturated heterocycles. The van der Waals surface area contributed by atoms with Crippen LogP contribution in [0.5, 0.6) is 0 Å². The lowest BCUT2D eigenvalue weighted by atomic mass is 10.2. The van der Waals surface area contributed by atoms with E-state index in [9.17, 15) is 22.8 Å². The summed E-state index contributed by atoms with van der Waals surface area (Å²) in [5.41, 5.74) is -0.249. The van der Waals surface area contributed by atoms with Crippen molar-refractivity contribution in [3.8, 4) is 0 Å². The summed E-state index contributed by atoms with van der Waals surface area (Å²) < 4.78 is 41.5. The fourth-order valence-corrected chi connectivity index (χ4v) is 3.69. The second-order valence-corrected chi connectivity index (χ2v) is 7.68. The molecule has 3 aromatic rings. The molecule has 7 nitrogen and oxygen atoms in total. The van der Waals surface area contributed by atoms with Gasteiger partial charge in [-0.15, -0.1) is 0 Å². The maximum Gasteiger partial charge on any atom is 0.321 e. The van der Waals surface area contributed by atoms with Gasteiger partial charge in [0.15, 0.2) is 6.20 Å². The minimum atomic E-state index is -4.27. The number of rotatable bonds is 5. The van der Waals surface area contributed by atoms with Crippen molar-refractivity contribution in [2.24, 2.45) is 0 Å². The molecule has 0 spiro atoms. The Balaban J connectivity index is 1.95.